The van der Waals surface area contributed by atoms with E-state index in [0.717, 1.165) is 5.69 Å². The number of benzene rings is 1. The normalized spacial score (nSPS) is 15.6. The maximum atomic E-state index is 8.78. The Hall–Kier alpha value is -1.31. The second-order valence-corrected chi connectivity index (χ2v) is 5.56. The van der Waals surface area contributed by atoms with Crippen molar-refractivity contribution in [1.82, 2.24) is 5.32 Å². The van der Waals surface area contributed by atoms with Gasteiger partial charge in [-0.15, -0.1) is 0 Å². The minimum atomic E-state index is 0.464. The lowest BCUT2D eigenvalue weighted by atomic mass is 9.96. The summed E-state index contributed by atoms with van der Waals surface area (Å²) in [6.07, 6.45) is 6.18. The van der Waals surface area contributed by atoms with Crippen molar-refractivity contribution in [3.8, 4) is 6.07 Å². The third kappa shape index (κ3) is 4.09. The van der Waals surface area contributed by atoms with Crippen LogP contribution in [0.2, 0.25) is 5.02 Å². The van der Waals surface area contributed by atoms with Crippen molar-refractivity contribution in [2.75, 3.05) is 5.32 Å². The van der Waals surface area contributed by atoms with Gasteiger partial charge in [-0.25, -0.2) is 0 Å². The average molecular weight is 294 g/mol. The lowest BCUT2D eigenvalue weighted by Gasteiger charge is -2.24. The quantitative estimate of drug-likeness (QED) is 0.814. The molecule has 0 saturated heterocycles. The predicted octanol–water partition coefficient (Wildman–Crippen LogP) is 3.83. The van der Waals surface area contributed by atoms with Crippen LogP contribution in [0.5, 0.6) is 0 Å². The molecule has 2 rings (SSSR count). The second kappa shape index (κ2) is 6.74. The van der Waals surface area contributed by atoms with Gasteiger partial charge in [0.2, 0.25) is 0 Å². The maximum Gasteiger partial charge on any atom is 0.171 e. The summed E-state index contributed by atoms with van der Waals surface area (Å²) >= 11 is 11.4. The predicted molar refractivity (Wildman–Crippen MR) is 82.4 cm³/mol. The Kier molecular flexibility index (Phi) is 5.00. The monoisotopic (exact) mass is 293 g/mol. The van der Waals surface area contributed by atoms with Crippen molar-refractivity contribution in [3.63, 3.8) is 0 Å². The van der Waals surface area contributed by atoms with Gasteiger partial charge in [0.25, 0.3) is 0 Å². The summed E-state index contributed by atoms with van der Waals surface area (Å²) in [5.41, 5.74) is 1.27. The van der Waals surface area contributed by atoms with Gasteiger partial charge in [-0.1, -0.05) is 30.9 Å². The van der Waals surface area contributed by atoms with Gasteiger partial charge in [0, 0.05) is 6.04 Å². The molecular formula is C14H16ClN3S. The Labute approximate surface area is 123 Å². The highest BCUT2D eigenvalue weighted by atomic mass is 35.5. The minimum absolute atomic E-state index is 0.464. The summed E-state index contributed by atoms with van der Waals surface area (Å²) in [4.78, 5) is 0. The topological polar surface area (TPSA) is 47.9 Å². The van der Waals surface area contributed by atoms with Crippen LogP contribution >= 0.6 is 23.8 Å². The highest BCUT2D eigenvalue weighted by Crippen LogP contribution is 2.23. The van der Waals surface area contributed by atoms with Crippen molar-refractivity contribution in [3.05, 3.63) is 28.8 Å². The number of nitriles is 1. The molecule has 1 aliphatic rings. The summed E-state index contributed by atoms with van der Waals surface area (Å²) in [6.45, 7) is 0. The smallest absolute Gasteiger partial charge is 0.171 e. The average Bonchev–Trinajstić information content (AvgIpc) is 2.42. The fourth-order valence-electron chi connectivity index (χ4n) is 2.28. The first-order valence-electron chi connectivity index (χ1n) is 6.46. The Morgan fingerprint density at radius 1 is 1.32 bits per heavy atom. The van der Waals surface area contributed by atoms with Crippen LogP contribution in [0.15, 0.2) is 18.2 Å². The fourth-order valence-corrected chi connectivity index (χ4v) is 2.78. The summed E-state index contributed by atoms with van der Waals surface area (Å²) in [5, 5.41) is 16.3. The van der Waals surface area contributed by atoms with Crippen molar-refractivity contribution in [2.24, 2.45) is 0 Å². The number of nitrogens with zero attached hydrogens (tertiary/aromatic N) is 1. The van der Waals surface area contributed by atoms with E-state index in [4.69, 9.17) is 29.1 Å². The van der Waals surface area contributed by atoms with Crippen LogP contribution in [0.3, 0.4) is 0 Å². The zero-order valence-electron chi connectivity index (χ0n) is 10.6. The van der Waals surface area contributed by atoms with Crippen molar-refractivity contribution >= 4 is 34.6 Å². The summed E-state index contributed by atoms with van der Waals surface area (Å²) < 4.78 is 0. The van der Waals surface area contributed by atoms with E-state index in [1.807, 2.05) is 0 Å². The number of hydrogen-bond donors (Lipinski definition) is 2. The van der Waals surface area contributed by atoms with E-state index < -0.39 is 0 Å². The Morgan fingerprint density at radius 2 is 2.05 bits per heavy atom. The first kappa shape index (κ1) is 14.1. The largest absolute Gasteiger partial charge is 0.360 e. The molecule has 0 amide bonds. The van der Waals surface area contributed by atoms with Gasteiger partial charge in [-0.2, -0.15) is 5.26 Å². The maximum absolute atomic E-state index is 8.78. The van der Waals surface area contributed by atoms with Gasteiger partial charge < -0.3 is 10.6 Å². The third-order valence-corrected chi connectivity index (χ3v) is 3.82. The molecule has 0 aromatic heterocycles. The molecule has 100 valence electrons. The molecule has 5 heteroatoms. The zero-order valence-corrected chi connectivity index (χ0v) is 12.2. The van der Waals surface area contributed by atoms with Crippen LogP contribution in [0, 0.1) is 11.3 Å². The molecule has 0 atom stereocenters. The number of nitrogens with one attached hydrogen (secondary N) is 2. The molecule has 1 aromatic rings. The Morgan fingerprint density at radius 3 is 2.68 bits per heavy atom. The molecule has 1 fully saturated rings. The van der Waals surface area contributed by atoms with Gasteiger partial charge in [0.15, 0.2) is 5.11 Å². The molecule has 0 heterocycles. The van der Waals surface area contributed by atoms with E-state index >= 15 is 0 Å². The van der Waals surface area contributed by atoms with Crippen molar-refractivity contribution < 1.29 is 0 Å². The number of rotatable bonds is 2. The molecule has 1 aromatic carbocycles. The van der Waals surface area contributed by atoms with E-state index in [9.17, 15) is 0 Å². The zero-order chi connectivity index (χ0) is 13.7. The first-order chi connectivity index (χ1) is 9.19. The van der Waals surface area contributed by atoms with Crippen LogP contribution in [0.25, 0.3) is 0 Å². The molecule has 0 spiro atoms. The second-order valence-electron chi connectivity index (χ2n) is 4.74. The molecule has 0 radical (unpaired) electrons. The molecule has 0 aliphatic heterocycles. The molecular weight excluding hydrogens is 278 g/mol. The summed E-state index contributed by atoms with van der Waals surface area (Å²) in [7, 11) is 0. The highest BCUT2D eigenvalue weighted by Gasteiger charge is 2.14. The Bertz CT molecular complexity index is 504. The van der Waals surface area contributed by atoms with E-state index in [0.29, 0.717) is 21.7 Å². The number of halogens is 1. The molecule has 1 saturated carbocycles. The van der Waals surface area contributed by atoms with Crippen molar-refractivity contribution in [2.45, 2.75) is 38.1 Å². The van der Waals surface area contributed by atoms with E-state index in [1.165, 1.54) is 32.1 Å². The van der Waals surface area contributed by atoms with Crippen LogP contribution in [0.4, 0.5) is 5.69 Å². The molecule has 0 unspecified atom stereocenters. The SMILES string of the molecule is N#Cc1ccc(NC(=S)NC2CCCCC2)c(Cl)c1. The standard InChI is InChI=1S/C14H16ClN3S/c15-12-8-10(9-16)6-7-13(12)18-14(19)17-11-4-2-1-3-5-11/h6-8,11H,1-5H2,(H2,17,18,19). The minimum Gasteiger partial charge on any atom is -0.360 e. The van der Waals surface area contributed by atoms with Gasteiger partial charge in [0.05, 0.1) is 22.3 Å². The summed E-state index contributed by atoms with van der Waals surface area (Å²) in [6, 6.07) is 7.64. The molecule has 1 aliphatic carbocycles. The fraction of sp³-hybridized carbons (Fsp3) is 0.429. The molecule has 2 N–H and O–H groups in total. The van der Waals surface area contributed by atoms with Crippen molar-refractivity contribution in [1.29, 1.82) is 5.26 Å². The van der Waals surface area contributed by atoms with Gasteiger partial charge in [-0.3, -0.25) is 0 Å². The van der Waals surface area contributed by atoms with Crippen LogP contribution in [0.1, 0.15) is 37.7 Å². The lowest BCUT2D eigenvalue weighted by Crippen LogP contribution is -2.38. The number of thiocarbonyl (C=S) groups is 1. The summed E-state index contributed by atoms with van der Waals surface area (Å²) in [5.74, 6) is 0. The van der Waals surface area contributed by atoms with Crippen LogP contribution in [-0.4, -0.2) is 11.2 Å². The van der Waals surface area contributed by atoms with Gasteiger partial charge >= 0.3 is 0 Å². The molecule has 19 heavy (non-hydrogen) atoms. The molecule has 0 bridgehead atoms. The molecule has 3 nitrogen and oxygen atoms in total. The van der Waals surface area contributed by atoms with E-state index in [2.05, 4.69) is 16.7 Å². The van der Waals surface area contributed by atoms with E-state index in [-0.39, 0.29) is 0 Å². The van der Waals surface area contributed by atoms with Gasteiger partial charge in [-0.05, 0) is 43.3 Å². The van der Waals surface area contributed by atoms with Crippen LogP contribution in [-0.2, 0) is 0 Å². The van der Waals surface area contributed by atoms with Gasteiger partial charge in [0.1, 0.15) is 0 Å². The number of anilines is 1. The highest BCUT2D eigenvalue weighted by molar-refractivity contribution is 7.80. The first-order valence-corrected chi connectivity index (χ1v) is 7.25. The lowest BCUT2D eigenvalue weighted by molar-refractivity contribution is 0.415. The third-order valence-electron chi connectivity index (χ3n) is 3.29. The number of hydrogen-bond acceptors (Lipinski definition) is 2. The Balaban J connectivity index is 1.93. The van der Waals surface area contributed by atoms with Crippen LogP contribution < -0.4 is 10.6 Å². The van der Waals surface area contributed by atoms with E-state index in [1.54, 1.807) is 18.2 Å².